The number of anilines is 1. The largest absolute Gasteiger partial charge is 0.465 e. The molecule has 0 radical (unpaired) electrons. The molecular weight excluding hydrogens is 385 g/mol. The van der Waals surface area contributed by atoms with Crippen molar-refractivity contribution in [3.63, 3.8) is 0 Å². The molecule has 1 saturated heterocycles. The molecule has 1 amide bonds. The Bertz CT molecular complexity index is 810. The van der Waals surface area contributed by atoms with Crippen LogP contribution in [0, 0.1) is 17.7 Å². The minimum absolute atomic E-state index is 0.281. The molecule has 0 aromatic heterocycles. The van der Waals surface area contributed by atoms with Gasteiger partial charge in [-0.15, -0.1) is 5.92 Å². The van der Waals surface area contributed by atoms with Crippen LogP contribution in [0.3, 0.4) is 0 Å². The Morgan fingerprint density at radius 3 is 2.46 bits per heavy atom. The Kier molecular flexibility index (Phi) is 8.08. The van der Waals surface area contributed by atoms with Crippen LogP contribution in [0.15, 0.2) is 24.3 Å². The molecule has 0 spiro atoms. The number of unbranched alkanes of at least 4 members (excludes halogenated alkanes) is 2. The van der Waals surface area contributed by atoms with Gasteiger partial charge in [0.25, 0.3) is 0 Å². The van der Waals surface area contributed by atoms with E-state index in [2.05, 4.69) is 17.2 Å². The lowest BCUT2D eigenvalue weighted by atomic mass is 10.2. The van der Waals surface area contributed by atoms with Gasteiger partial charge < -0.3 is 15.3 Å². The van der Waals surface area contributed by atoms with E-state index in [1.807, 2.05) is 11.8 Å². The number of amides is 1. The third kappa shape index (κ3) is 6.69. The average molecular weight is 411 g/mol. The summed E-state index contributed by atoms with van der Waals surface area (Å²) in [6.45, 7) is 3.53. The number of rotatable bonds is 7. The van der Waals surface area contributed by atoms with E-state index < -0.39 is 27.9 Å². The van der Waals surface area contributed by atoms with Gasteiger partial charge in [0.1, 0.15) is 11.9 Å². The molecule has 0 aliphatic carbocycles. The summed E-state index contributed by atoms with van der Waals surface area (Å²) in [5, 5.41) is 11.1. The van der Waals surface area contributed by atoms with Crippen molar-refractivity contribution < 1.29 is 22.7 Å². The highest BCUT2D eigenvalue weighted by Crippen LogP contribution is 2.18. The molecule has 2 N–H and O–H groups in total. The van der Waals surface area contributed by atoms with Gasteiger partial charge >= 0.3 is 6.09 Å². The number of piperazine rings is 1. The average Bonchev–Trinajstić information content (AvgIpc) is 2.65. The number of carbonyl (C=O) groups is 1. The maximum atomic E-state index is 13.1. The first-order valence-corrected chi connectivity index (χ1v) is 10.9. The molecule has 1 aliphatic rings. The van der Waals surface area contributed by atoms with Crippen molar-refractivity contribution in [2.75, 3.05) is 36.8 Å². The normalized spacial score (nSPS) is 16.1. The Balaban J connectivity index is 1.97. The topological polar surface area (TPSA) is 90.0 Å². The number of halogens is 1. The Morgan fingerprint density at radius 2 is 1.89 bits per heavy atom. The summed E-state index contributed by atoms with van der Waals surface area (Å²) in [5.41, 5.74) is 0.839. The number of benzene rings is 1. The van der Waals surface area contributed by atoms with E-state index in [1.165, 1.54) is 16.4 Å². The van der Waals surface area contributed by atoms with Gasteiger partial charge in [0, 0.05) is 38.3 Å². The zero-order valence-corrected chi connectivity index (χ0v) is 16.7. The van der Waals surface area contributed by atoms with E-state index in [1.54, 1.807) is 12.1 Å². The fourth-order valence-corrected chi connectivity index (χ4v) is 4.44. The molecule has 28 heavy (non-hydrogen) atoms. The summed E-state index contributed by atoms with van der Waals surface area (Å²) >= 11 is 0. The van der Waals surface area contributed by atoms with E-state index in [0.29, 0.717) is 19.5 Å². The minimum Gasteiger partial charge on any atom is -0.465 e. The van der Waals surface area contributed by atoms with Gasteiger partial charge in [-0.05, 0) is 30.7 Å². The third-order valence-corrected chi connectivity index (χ3v) is 6.34. The van der Waals surface area contributed by atoms with Crippen LogP contribution in [-0.4, -0.2) is 61.9 Å². The van der Waals surface area contributed by atoms with Crippen LogP contribution in [0.5, 0.6) is 0 Å². The molecule has 154 valence electrons. The van der Waals surface area contributed by atoms with Crippen LogP contribution in [0.25, 0.3) is 0 Å². The highest BCUT2D eigenvalue weighted by atomic mass is 32.2. The molecular formula is C19H26FN3O4S. The second-order valence-electron chi connectivity index (χ2n) is 6.57. The summed E-state index contributed by atoms with van der Waals surface area (Å²) in [4.78, 5) is 13.0. The first kappa shape index (κ1) is 22.0. The quantitative estimate of drug-likeness (QED) is 0.530. The molecule has 1 aromatic rings. The molecule has 2 rings (SSSR count). The highest BCUT2D eigenvalue weighted by Gasteiger charge is 2.29. The Hall–Kier alpha value is -2.31. The summed E-state index contributed by atoms with van der Waals surface area (Å²) in [5.74, 6) is 4.87. The number of hydrogen-bond acceptors (Lipinski definition) is 4. The summed E-state index contributed by atoms with van der Waals surface area (Å²) in [6, 6.07) is 5.11. The predicted molar refractivity (Wildman–Crippen MR) is 106 cm³/mol. The van der Waals surface area contributed by atoms with E-state index in [-0.39, 0.29) is 18.9 Å². The molecule has 7 nitrogen and oxygen atoms in total. The zero-order chi connectivity index (χ0) is 20.6. The lowest BCUT2D eigenvalue weighted by molar-refractivity contribution is 0.193. The summed E-state index contributed by atoms with van der Waals surface area (Å²) in [6.07, 6.45) is 1.14. The molecule has 0 saturated carbocycles. The first-order chi connectivity index (χ1) is 13.3. The van der Waals surface area contributed by atoms with Crippen molar-refractivity contribution in [1.29, 1.82) is 0 Å². The van der Waals surface area contributed by atoms with Crippen LogP contribution in [0.2, 0.25) is 0 Å². The van der Waals surface area contributed by atoms with Gasteiger partial charge in [-0.2, -0.15) is 4.31 Å². The Morgan fingerprint density at radius 1 is 1.25 bits per heavy atom. The molecule has 1 heterocycles. The van der Waals surface area contributed by atoms with E-state index >= 15 is 0 Å². The summed E-state index contributed by atoms with van der Waals surface area (Å²) < 4.78 is 39.8. The van der Waals surface area contributed by atoms with Gasteiger partial charge in [-0.3, -0.25) is 0 Å². The maximum absolute atomic E-state index is 13.1. The van der Waals surface area contributed by atoms with Crippen molar-refractivity contribution in [2.45, 2.75) is 32.2 Å². The lowest BCUT2D eigenvalue weighted by Crippen LogP contribution is -2.51. The van der Waals surface area contributed by atoms with Gasteiger partial charge in [0.2, 0.25) is 10.0 Å². The van der Waals surface area contributed by atoms with Crippen molar-refractivity contribution in [3.05, 3.63) is 30.1 Å². The molecule has 1 atom stereocenters. The van der Waals surface area contributed by atoms with Gasteiger partial charge in [-0.25, -0.2) is 17.6 Å². The Labute approximate surface area is 165 Å². The zero-order valence-electron chi connectivity index (χ0n) is 15.9. The fourth-order valence-electron chi connectivity index (χ4n) is 2.92. The molecule has 1 aliphatic heterocycles. The fraction of sp³-hybridized carbons (Fsp3) is 0.526. The monoisotopic (exact) mass is 411 g/mol. The second-order valence-corrected chi connectivity index (χ2v) is 8.58. The van der Waals surface area contributed by atoms with Gasteiger partial charge in [0.05, 0.1) is 5.75 Å². The SMILES string of the molecule is CCCCC#CC(CS(=O)(=O)N1CCN(c2ccc(F)cc2)CC1)NC(=O)O. The van der Waals surface area contributed by atoms with Crippen LogP contribution < -0.4 is 10.2 Å². The smallest absolute Gasteiger partial charge is 0.405 e. The molecule has 0 bridgehead atoms. The maximum Gasteiger partial charge on any atom is 0.405 e. The van der Waals surface area contributed by atoms with Crippen molar-refractivity contribution in [3.8, 4) is 11.8 Å². The van der Waals surface area contributed by atoms with Crippen molar-refractivity contribution in [2.24, 2.45) is 0 Å². The molecule has 9 heteroatoms. The standard InChI is InChI=1S/C19H26FN3O4S/c1-2-3-4-5-6-17(21-19(24)25)15-28(26,27)23-13-11-22(12-14-23)18-9-7-16(20)8-10-18/h7-10,17,21H,2-4,11-15H2,1H3,(H,24,25). The molecule has 1 fully saturated rings. The molecule has 1 aromatic carbocycles. The number of nitrogens with one attached hydrogen (secondary N) is 1. The van der Waals surface area contributed by atoms with Crippen molar-refractivity contribution >= 4 is 21.8 Å². The number of nitrogens with zero attached hydrogens (tertiary/aromatic N) is 2. The van der Waals surface area contributed by atoms with E-state index in [4.69, 9.17) is 5.11 Å². The van der Waals surface area contributed by atoms with Crippen LogP contribution in [0.4, 0.5) is 14.9 Å². The number of carboxylic acid groups (broad SMARTS) is 1. The third-order valence-electron chi connectivity index (χ3n) is 4.43. The van der Waals surface area contributed by atoms with Crippen LogP contribution >= 0.6 is 0 Å². The molecule has 1 unspecified atom stereocenters. The van der Waals surface area contributed by atoms with Gasteiger partial charge in [0.15, 0.2) is 0 Å². The minimum atomic E-state index is -3.66. The van der Waals surface area contributed by atoms with Crippen molar-refractivity contribution in [1.82, 2.24) is 9.62 Å². The van der Waals surface area contributed by atoms with Crippen LogP contribution in [-0.2, 0) is 10.0 Å². The summed E-state index contributed by atoms with van der Waals surface area (Å²) in [7, 11) is -3.66. The lowest BCUT2D eigenvalue weighted by Gasteiger charge is -2.35. The predicted octanol–water partition coefficient (Wildman–Crippen LogP) is 2.11. The number of sulfonamides is 1. The van der Waals surface area contributed by atoms with Gasteiger partial charge in [-0.1, -0.05) is 19.3 Å². The first-order valence-electron chi connectivity index (χ1n) is 9.28. The second kappa shape index (κ2) is 10.3. The number of hydrogen-bond donors (Lipinski definition) is 2. The van der Waals surface area contributed by atoms with Crippen LogP contribution in [0.1, 0.15) is 26.2 Å². The van der Waals surface area contributed by atoms with E-state index in [9.17, 15) is 17.6 Å². The highest BCUT2D eigenvalue weighted by molar-refractivity contribution is 7.89. The van der Waals surface area contributed by atoms with E-state index in [0.717, 1.165) is 18.5 Å².